The molecule has 1 N–H and O–H groups in total. The summed E-state index contributed by atoms with van der Waals surface area (Å²) in [5.74, 6) is 0. The molecule has 0 heterocycles. The van der Waals surface area contributed by atoms with Gasteiger partial charge in [0.1, 0.15) is 0 Å². The zero-order valence-corrected chi connectivity index (χ0v) is 9.70. The Hall–Kier alpha value is -0.420. The SMILES string of the molecule is C=C(C)C(C)OCCOCCOCCO. The minimum absolute atomic E-state index is 0.0548. The van der Waals surface area contributed by atoms with E-state index in [-0.39, 0.29) is 12.7 Å². The smallest absolute Gasteiger partial charge is 0.0752 e. The molecule has 0 aromatic carbocycles. The molecule has 0 saturated carbocycles. The number of hydrogen-bond acceptors (Lipinski definition) is 4. The predicted molar refractivity (Wildman–Crippen MR) is 59.0 cm³/mol. The second kappa shape index (κ2) is 10.1. The Balaban J connectivity index is 3.08. The maximum Gasteiger partial charge on any atom is 0.0752 e. The Morgan fingerprint density at radius 1 is 1.13 bits per heavy atom. The summed E-state index contributed by atoms with van der Waals surface area (Å²) in [6, 6.07) is 0. The Labute approximate surface area is 91.8 Å². The van der Waals surface area contributed by atoms with Gasteiger partial charge in [-0.15, -0.1) is 0 Å². The number of hydrogen-bond donors (Lipinski definition) is 1. The molecule has 4 heteroatoms. The Morgan fingerprint density at radius 2 is 1.67 bits per heavy atom. The van der Waals surface area contributed by atoms with E-state index in [0.717, 1.165) is 5.57 Å². The summed E-state index contributed by atoms with van der Waals surface area (Å²) in [7, 11) is 0. The molecule has 0 aliphatic rings. The first-order chi connectivity index (χ1) is 7.18. The molecule has 0 aromatic heterocycles. The van der Waals surface area contributed by atoms with E-state index in [0.29, 0.717) is 33.0 Å². The molecule has 0 aliphatic carbocycles. The third-order valence-corrected chi connectivity index (χ3v) is 1.90. The summed E-state index contributed by atoms with van der Waals surface area (Å²) in [4.78, 5) is 0. The molecule has 15 heavy (non-hydrogen) atoms. The highest BCUT2D eigenvalue weighted by molar-refractivity contribution is 4.94. The van der Waals surface area contributed by atoms with Gasteiger partial charge in [0, 0.05) is 0 Å². The lowest BCUT2D eigenvalue weighted by Crippen LogP contribution is -2.15. The molecule has 0 radical (unpaired) electrons. The Morgan fingerprint density at radius 3 is 2.20 bits per heavy atom. The van der Waals surface area contributed by atoms with Gasteiger partial charge in [-0.3, -0.25) is 0 Å². The van der Waals surface area contributed by atoms with Gasteiger partial charge in [-0.1, -0.05) is 12.2 Å². The number of aliphatic hydroxyl groups excluding tert-OH is 1. The van der Waals surface area contributed by atoms with Gasteiger partial charge in [0.25, 0.3) is 0 Å². The predicted octanol–water partition coefficient (Wildman–Crippen LogP) is 0.993. The molecule has 1 atom stereocenters. The second-order valence-electron chi connectivity index (χ2n) is 3.31. The van der Waals surface area contributed by atoms with Gasteiger partial charge >= 0.3 is 0 Å². The summed E-state index contributed by atoms with van der Waals surface area (Å²) in [5, 5.41) is 8.43. The van der Waals surface area contributed by atoms with Gasteiger partial charge in [0.2, 0.25) is 0 Å². The van der Waals surface area contributed by atoms with E-state index in [1.807, 2.05) is 13.8 Å². The van der Waals surface area contributed by atoms with Crippen molar-refractivity contribution in [3.8, 4) is 0 Å². The van der Waals surface area contributed by atoms with Crippen molar-refractivity contribution in [2.24, 2.45) is 0 Å². The van der Waals surface area contributed by atoms with Crippen LogP contribution in [0.1, 0.15) is 13.8 Å². The fraction of sp³-hybridized carbons (Fsp3) is 0.818. The summed E-state index contributed by atoms with van der Waals surface area (Å²) < 4.78 is 15.7. The van der Waals surface area contributed by atoms with E-state index in [4.69, 9.17) is 19.3 Å². The number of rotatable bonds is 10. The molecule has 90 valence electrons. The third kappa shape index (κ3) is 9.87. The summed E-state index contributed by atoms with van der Waals surface area (Å²) >= 11 is 0. The Bertz CT molecular complexity index is 159. The van der Waals surface area contributed by atoms with Gasteiger partial charge in [0.15, 0.2) is 0 Å². The van der Waals surface area contributed by atoms with Crippen molar-refractivity contribution < 1.29 is 19.3 Å². The monoisotopic (exact) mass is 218 g/mol. The van der Waals surface area contributed by atoms with Crippen LogP contribution >= 0.6 is 0 Å². The highest BCUT2D eigenvalue weighted by Gasteiger charge is 2.00. The summed E-state index contributed by atoms with van der Waals surface area (Å²) in [6.45, 7) is 10.3. The van der Waals surface area contributed by atoms with E-state index in [2.05, 4.69) is 6.58 Å². The van der Waals surface area contributed by atoms with Crippen LogP contribution in [-0.2, 0) is 14.2 Å². The molecule has 0 saturated heterocycles. The molecule has 0 rings (SSSR count). The van der Waals surface area contributed by atoms with Crippen molar-refractivity contribution in [2.75, 3.05) is 39.6 Å². The average Bonchev–Trinajstić information content (AvgIpc) is 2.21. The van der Waals surface area contributed by atoms with E-state index >= 15 is 0 Å². The largest absolute Gasteiger partial charge is 0.394 e. The quantitative estimate of drug-likeness (QED) is 0.439. The highest BCUT2D eigenvalue weighted by atomic mass is 16.5. The van der Waals surface area contributed by atoms with E-state index in [1.54, 1.807) is 0 Å². The van der Waals surface area contributed by atoms with Crippen LogP contribution in [0.15, 0.2) is 12.2 Å². The lowest BCUT2D eigenvalue weighted by Gasteiger charge is -2.12. The van der Waals surface area contributed by atoms with Crippen LogP contribution in [0.5, 0.6) is 0 Å². The van der Waals surface area contributed by atoms with E-state index in [9.17, 15) is 0 Å². The van der Waals surface area contributed by atoms with E-state index in [1.165, 1.54) is 0 Å². The first kappa shape index (κ1) is 14.6. The number of aliphatic hydroxyl groups is 1. The third-order valence-electron chi connectivity index (χ3n) is 1.90. The molecule has 1 unspecified atom stereocenters. The standard InChI is InChI=1S/C11H22O4/c1-10(2)11(3)15-9-8-14-7-6-13-5-4-12/h11-12H,1,4-9H2,2-3H3. The summed E-state index contributed by atoms with van der Waals surface area (Å²) in [6.07, 6.45) is 0.0826. The van der Waals surface area contributed by atoms with Crippen LogP contribution in [-0.4, -0.2) is 50.9 Å². The molecule has 0 aliphatic heterocycles. The van der Waals surface area contributed by atoms with Gasteiger partial charge in [-0.2, -0.15) is 0 Å². The van der Waals surface area contributed by atoms with Gasteiger partial charge < -0.3 is 19.3 Å². The van der Waals surface area contributed by atoms with Gasteiger partial charge in [-0.05, 0) is 13.8 Å². The zero-order valence-electron chi connectivity index (χ0n) is 9.70. The van der Waals surface area contributed by atoms with Crippen molar-refractivity contribution in [3.63, 3.8) is 0 Å². The molecular formula is C11H22O4. The van der Waals surface area contributed by atoms with Crippen molar-refractivity contribution >= 4 is 0 Å². The molecule has 0 aromatic rings. The average molecular weight is 218 g/mol. The molecule has 0 fully saturated rings. The van der Waals surface area contributed by atoms with Crippen LogP contribution in [0.4, 0.5) is 0 Å². The minimum Gasteiger partial charge on any atom is -0.394 e. The second-order valence-corrected chi connectivity index (χ2v) is 3.31. The topological polar surface area (TPSA) is 47.9 Å². The van der Waals surface area contributed by atoms with Crippen LogP contribution in [0.25, 0.3) is 0 Å². The fourth-order valence-corrected chi connectivity index (χ4v) is 0.813. The van der Waals surface area contributed by atoms with Crippen LogP contribution in [0.2, 0.25) is 0 Å². The molecule has 0 amide bonds. The van der Waals surface area contributed by atoms with E-state index < -0.39 is 0 Å². The van der Waals surface area contributed by atoms with Crippen molar-refractivity contribution in [3.05, 3.63) is 12.2 Å². The Kier molecular flexibility index (Phi) is 9.83. The van der Waals surface area contributed by atoms with Gasteiger partial charge in [-0.25, -0.2) is 0 Å². The maximum atomic E-state index is 8.43. The van der Waals surface area contributed by atoms with Crippen molar-refractivity contribution in [2.45, 2.75) is 20.0 Å². The lowest BCUT2D eigenvalue weighted by atomic mass is 10.2. The van der Waals surface area contributed by atoms with Crippen LogP contribution < -0.4 is 0 Å². The first-order valence-electron chi connectivity index (χ1n) is 5.21. The maximum absolute atomic E-state index is 8.43. The van der Waals surface area contributed by atoms with Crippen molar-refractivity contribution in [1.29, 1.82) is 0 Å². The zero-order chi connectivity index (χ0) is 11.5. The highest BCUT2D eigenvalue weighted by Crippen LogP contribution is 2.01. The normalized spacial score (nSPS) is 12.7. The number of ether oxygens (including phenoxy) is 3. The lowest BCUT2D eigenvalue weighted by molar-refractivity contribution is -0.00235. The van der Waals surface area contributed by atoms with Crippen LogP contribution in [0, 0.1) is 0 Å². The minimum atomic E-state index is 0.0548. The molecule has 0 spiro atoms. The molecule has 0 bridgehead atoms. The van der Waals surface area contributed by atoms with Gasteiger partial charge in [0.05, 0.1) is 45.7 Å². The molecule has 4 nitrogen and oxygen atoms in total. The first-order valence-corrected chi connectivity index (χ1v) is 5.21. The fourth-order valence-electron chi connectivity index (χ4n) is 0.813. The van der Waals surface area contributed by atoms with Crippen LogP contribution in [0.3, 0.4) is 0 Å². The van der Waals surface area contributed by atoms with Crippen molar-refractivity contribution in [1.82, 2.24) is 0 Å². The summed E-state index contributed by atoms with van der Waals surface area (Å²) in [5.41, 5.74) is 1.02. The molecular weight excluding hydrogens is 196 g/mol.